The molecule has 2 aliphatic heterocycles. The van der Waals surface area contributed by atoms with Crippen molar-refractivity contribution >= 4 is 62.5 Å². The molecule has 0 bridgehead atoms. The highest BCUT2D eigenvalue weighted by Gasteiger charge is 2.67. The van der Waals surface area contributed by atoms with Crippen molar-refractivity contribution < 1.29 is 33.4 Å². The molecule has 3 fully saturated rings. The van der Waals surface area contributed by atoms with Crippen molar-refractivity contribution in [2.24, 2.45) is 29.1 Å². The molecular formula is C35H29BrClFN2O6. The molecule has 0 spiro atoms. The Morgan fingerprint density at radius 3 is 2.37 bits per heavy atom. The lowest BCUT2D eigenvalue weighted by Crippen LogP contribution is -2.48. The predicted octanol–water partition coefficient (Wildman–Crippen LogP) is 6.78. The number of aromatic hydroxyl groups is 1. The average molecular weight is 708 g/mol. The van der Waals surface area contributed by atoms with Crippen LogP contribution >= 0.6 is 27.5 Å². The van der Waals surface area contributed by atoms with E-state index in [2.05, 4.69) is 15.9 Å². The molecule has 4 aliphatic rings. The van der Waals surface area contributed by atoms with Gasteiger partial charge in [-0.1, -0.05) is 45.2 Å². The molecule has 11 heteroatoms. The molecule has 3 aromatic carbocycles. The number of hydrogen-bond acceptors (Lipinski definition) is 6. The monoisotopic (exact) mass is 706 g/mol. The van der Waals surface area contributed by atoms with Gasteiger partial charge in [-0.3, -0.25) is 24.1 Å². The summed E-state index contributed by atoms with van der Waals surface area (Å²) >= 11 is 9.48. The van der Waals surface area contributed by atoms with Crippen molar-refractivity contribution in [3.05, 3.63) is 93.2 Å². The van der Waals surface area contributed by atoms with Gasteiger partial charge in [0.1, 0.15) is 5.82 Å². The number of nitrogens with zero attached hydrogens (tertiary/aromatic N) is 2. The van der Waals surface area contributed by atoms with Crippen LogP contribution in [0.3, 0.4) is 0 Å². The number of allylic oxidation sites excluding steroid dienone is 2. The van der Waals surface area contributed by atoms with Crippen LogP contribution in [0.4, 0.5) is 15.8 Å². The van der Waals surface area contributed by atoms with E-state index in [0.29, 0.717) is 17.7 Å². The third-order valence-corrected chi connectivity index (χ3v) is 11.0. The molecule has 1 N–H and O–H groups in total. The van der Waals surface area contributed by atoms with Crippen LogP contribution in [-0.2, 0) is 19.2 Å². The zero-order valence-electron chi connectivity index (χ0n) is 24.9. The first-order valence-corrected chi connectivity index (χ1v) is 16.3. The van der Waals surface area contributed by atoms with Gasteiger partial charge < -0.3 is 9.84 Å². The summed E-state index contributed by atoms with van der Waals surface area (Å²) in [5, 5.41) is 10.3. The molecular weight excluding hydrogens is 679 g/mol. The molecule has 2 heterocycles. The Balaban J connectivity index is 1.37. The number of benzene rings is 3. The van der Waals surface area contributed by atoms with Crippen LogP contribution in [0.1, 0.15) is 38.2 Å². The van der Waals surface area contributed by atoms with Crippen LogP contribution in [-0.4, -0.2) is 35.3 Å². The van der Waals surface area contributed by atoms with E-state index in [1.165, 1.54) is 23.1 Å². The summed E-state index contributed by atoms with van der Waals surface area (Å²) in [7, 11) is 0. The second-order valence-electron chi connectivity index (χ2n) is 12.4. The van der Waals surface area contributed by atoms with Gasteiger partial charge in [-0.25, -0.2) is 9.29 Å². The van der Waals surface area contributed by atoms with Gasteiger partial charge in [-0.05, 0) is 92.8 Å². The van der Waals surface area contributed by atoms with Gasteiger partial charge in [0.25, 0.3) is 0 Å². The zero-order valence-corrected chi connectivity index (χ0v) is 27.2. The van der Waals surface area contributed by atoms with Gasteiger partial charge >= 0.3 is 0 Å². The number of phenolic OH excluding ortho intramolecular Hbond substituents is 1. The minimum absolute atomic E-state index is 0.0736. The fourth-order valence-electron chi connectivity index (χ4n) is 8.09. The highest BCUT2D eigenvalue weighted by Crippen LogP contribution is 2.64. The van der Waals surface area contributed by atoms with Crippen LogP contribution < -0.4 is 14.5 Å². The maximum Gasteiger partial charge on any atom is 0.241 e. The molecule has 3 aromatic rings. The van der Waals surface area contributed by atoms with Gasteiger partial charge in [0.15, 0.2) is 11.5 Å². The van der Waals surface area contributed by atoms with Crippen molar-refractivity contribution in [2.75, 3.05) is 16.4 Å². The van der Waals surface area contributed by atoms with Crippen molar-refractivity contribution in [3.8, 4) is 11.5 Å². The topological polar surface area (TPSA) is 104 Å². The van der Waals surface area contributed by atoms with Gasteiger partial charge in [-0.15, -0.1) is 0 Å². The number of hydrogen-bond donors (Lipinski definition) is 1. The molecule has 6 unspecified atom stereocenters. The number of amides is 4. The van der Waals surface area contributed by atoms with Crippen LogP contribution in [0.5, 0.6) is 11.5 Å². The summed E-state index contributed by atoms with van der Waals surface area (Å²) in [5.41, 5.74) is 0.736. The SMILES string of the molecule is CCOc1cc(C2C3=CCC4C(=O)N(c5ccc(Br)cc5)C(=O)C4C3CC3C(=O)N(c4ccc(F)c(Cl)c4)C(=O)C32C)ccc1O. The average Bonchev–Trinajstić information content (AvgIpc) is 3.40. The molecule has 7 rings (SSSR count). The van der Waals surface area contributed by atoms with Crippen LogP contribution in [0.25, 0.3) is 0 Å². The molecule has 2 aliphatic carbocycles. The predicted molar refractivity (Wildman–Crippen MR) is 172 cm³/mol. The maximum atomic E-state index is 14.5. The zero-order chi connectivity index (χ0) is 32.7. The first kappa shape index (κ1) is 30.6. The van der Waals surface area contributed by atoms with Crippen LogP contribution in [0.15, 0.2) is 76.8 Å². The minimum atomic E-state index is -1.31. The summed E-state index contributed by atoms with van der Waals surface area (Å²) in [6, 6.07) is 15.5. The molecule has 0 radical (unpaired) electrons. The third kappa shape index (κ3) is 4.36. The van der Waals surface area contributed by atoms with E-state index in [1.54, 1.807) is 50.2 Å². The molecule has 0 aromatic heterocycles. The number of halogens is 3. The van der Waals surface area contributed by atoms with E-state index in [4.69, 9.17) is 16.3 Å². The van der Waals surface area contributed by atoms with E-state index < -0.39 is 52.6 Å². The van der Waals surface area contributed by atoms with Crippen LogP contribution in [0, 0.1) is 34.9 Å². The van der Waals surface area contributed by atoms with Crippen molar-refractivity contribution in [2.45, 2.75) is 32.6 Å². The Morgan fingerprint density at radius 2 is 1.67 bits per heavy atom. The number of phenols is 1. The summed E-state index contributed by atoms with van der Waals surface area (Å²) in [5.74, 6) is -5.55. The smallest absolute Gasteiger partial charge is 0.241 e. The van der Waals surface area contributed by atoms with Crippen molar-refractivity contribution in [1.29, 1.82) is 0 Å². The van der Waals surface area contributed by atoms with E-state index in [-0.39, 0.29) is 47.1 Å². The lowest BCUT2D eigenvalue weighted by Gasteiger charge is -2.49. The fraction of sp³-hybridized carbons (Fsp3) is 0.314. The summed E-state index contributed by atoms with van der Waals surface area (Å²) < 4.78 is 20.6. The molecule has 46 heavy (non-hydrogen) atoms. The van der Waals surface area contributed by atoms with E-state index >= 15 is 0 Å². The molecule has 8 nitrogen and oxygen atoms in total. The van der Waals surface area contributed by atoms with Gasteiger partial charge in [0.2, 0.25) is 23.6 Å². The standard InChI is InChI=1S/C35H29BrClFN2O6/c1-3-46-28-14-17(4-13-27(28)41)30-21-10-11-22-29(33(44)39(31(22)42)19-7-5-18(36)6-8-19)23(21)16-24-32(43)40(34(45)35(24,30)2)20-9-12-26(38)25(37)15-20/h4-10,12-15,22-24,29-30,41H,3,11,16H2,1-2H3. The highest BCUT2D eigenvalue weighted by molar-refractivity contribution is 9.10. The second-order valence-corrected chi connectivity index (χ2v) is 13.7. The number of ether oxygens (including phenoxy) is 1. The van der Waals surface area contributed by atoms with Crippen molar-refractivity contribution in [3.63, 3.8) is 0 Å². The molecule has 236 valence electrons. The van der Waals surface area contributed by atoms with Gasteiger partial charge in [0, 0.05) is 10.4 Å². The molecule has 2 saturated heterocycles. The highest BCUT2D eigenvalue weighted by atomic mass is 79.9. The van der Waals surface area contributed by atoms with Crippen molar-refractivity contribution in [1.82, 2.24) is 0 Å². The molecule has 1 saturated carbocycles. The number of carbonyl (C=O) groups excluding carboxylic acids is 4. The molecule has 4 amide bonds. The number of rotatable bonds is 5. The van der Waals surface area contributed by atoms with Gasteiger partial charge in [0.05, 0.1) is 46.2 Å². The van der Waals surface area contributed by atoms with E-state index in [1.807, 2.05) is 6.08 Å². The lowest BCUT2D eigenvalue weighted by molar-refractivity contribution is -0.131. The second kappa shape index (κ2) is 11.1. The lowest BCUT2D eigenvalue weighted by atomic mass is 9.51. The number of fused-ring (bicyclic) bond motifs is 4. The Labute approximate surface area is 277 Å². The first-order chi connectivity index (χ1) is 22.0. The number of anilines is 2. The number of carbonyl (C=O) groups is 4. The van der Waals surface area contributed by atoms with Crippen LogP contribution in [0.2, 0.25) is 5.02 Å². The van der Waals surface area contributed by atoms with E-state index in [9.17, 15) is 28.7 Å². The number of imide groups is 2. The summed E-state index contributed by atoms with van der Waals surface area (Å²) in [6.45, 7) is 3.82. The fourth-order valence-corrected chi connectivity index (χ4v) is 8.53. The third-order valence-electron chi connectivity index (χ3n) is 10.1. The summed E-state index contributed by atoms with van der Waals surface area (Å²) in [4.78, 5) is 59.1. The van der Waals surface area contributed by atoms with Gasteiger partial charge in [-0.2, -0.15) is 0 Å². The maximum absolute atomic E-state index is 14.5. The Kier molecular flexibility index (Phi) is 7.36. The molecule has 6 atom stereocenters. The largest absolute Gasteiger partial charge is 0.504 e. The Morgan fingerprint density at radius 1 is 0.957 bits per heavy atom. The first-order valence-electron chi connectivity index (χ1n) is 15.1. The quantitative estimate of drug-likeness (QED) is 0.232. The summed E-state index contributed by atoms with van der Waals surface area (Å²) in [6.07, 6.45) is 2.41. The normalized spacial score (nSPS) is 28.6. The minimum Gasteiger partial charge on any atom is -0.504 e. The Bertz CT molecular complexity index is 1860. The Hall–Kier alpha value is -4.02. The van der Waals surface area contributed by atoms with E-state index in [0.717, 1.165) is 21.0 Å².